The predicted octanol–water partition coefficient (Wildman–Crippen LogP) is 13.3. The number of ether oxygens (including phenoxy) is 6. The maximum Gasteiger partial charge on any atom is 0.308 e. The highest BCUT2D eigenvalue weighted by Gasteiger charge is 2.49. The van der Waals surface area contributed by atoms with Gasteiger partial charge >= 0.3 is 5.97 Å². The summed E-state index contributed by atoms with van der Waals surface area (Å²) in [4.78, 5) is 14.7. The monoisotopic (exact) mass is 1030 g/mol. The first-order valence-corrected chi connectivity index (χ1v) is 30.5. The standard InChI is InChI=1S/C51H89IO9Si2/c1-20-23-36(2)47-39(5)48(59-51(12,13)58-47)38(4)45(61-63(18,19)50(9,10)11)33-46(53)57-44(37(3)34-56-35-40-27-29-42(55-15)30-28-40)32-43(60-62(16,17)49(6,7)8)25-21-24-41(54-14)26-22-31-52/h1,22,27-31,36-39,41,43-45,47-48H,21,23-26,32-35H2,2-19H3/b31-22-/t36-,37+,38+,39-,41-,43+,44-,45+,47+,48-/m0/s1. The molecule has 0 amide bonds. The first kappa shape index (κ1) is 57.8. The number of terminal acetylenes is 1. The van der Waals surface area contributed by atoms with E-state index in [9.17, 15) is 4.79 Å². The van der Waals surface area contributed by atoms with Crippen LogP contribution in [-0.4, -0.2) is 85.8 Å². The highest BCUT2D eigenvalue weighted by molar-refractivity contribution is 14.1. The van der Waals surface area contributed by atoms with Gasteiger partial charge in [-0.25, -0.2) is 0 Å². The van der Waals surface area contributed by atoms with Gasteiger partial charge in [0, 0.05) is 43.8 Å². The zero-order valence-corrected chi connectivity index (χ0v) is 46.9. The van der Waals surface area contributed by atoms with Crippen LogP contribution in [0.15, 0.2) is 34.4 Å². The third-order valence-corrected chi connectivity index (χ3v) is 23.5. The van der Waals surface area contributed by atoms with E-state index in [1.165, 1.54) is 0 Å². The molecule has 362 valence electrons. The Morgan fingerprint density at radius 3 is 2.02 bits per heavy atom. The molecule has 12 heteroatoms. The quantitative estimate of drug-likeness (QED) is 0.0389. The lowest BCUT2D eigenvalue weighted by Gasteiger charge is -2.50. The number of benzene rings is 1. The molecule has 0 N–H and O–H groups in total. The van der Waals surface area contributed by atoms with E-state index in [1.54, 1.807) is 14.2 Å². The van der Waals surface area contributed by atoms with Crippen molar-refractivity contribution < 1.29 is 42.1 Å². The molecule has 2 rings (SSSR count). The number of hydrogen-bond acceptors (Lipinski definition) is 9. The molecule has 0 aromatic heterocycles. The van der Waals surface area contributed by atoms with Gasteiger partial charge in [-0.3, -0.25) is 4.79 Å². The molecule has 1 aromatic carbocycles. The number of halogens is 1. The van der Waals surface area contributed by atoms with Gasteiger partial charge in [0.25, 0.3) is 0 Å². The molecular weight excluding hydrogens is 940 g/mol. The summed E-state index contributed by atoms with van der Waals surface area (Å²) in [5, 5.41) is -0.0777. The van der Waals surface area contributed by atoms with Crippen molar-refractivity contribution in [2.75, 3.05) is 20.8 Å². The zero-order chi connectivity index (χ0) is 48.0. The minimum Gasteiger partial charge on any atom is -0.497 e. The topological polar surface area (TPSA) is 90.9 Å². The van der Waals surface area contributed by atoms with Crippen molar-refractivity contribution in [2.24, 2.45) is 23.7 Å². The molecule has 1 aliphatic heterocycles. The molecule has 0 spiro atoms. The maximum atomic E-state index is 14.7. The molecule has 0 saturated carbocycles. The highest BCUT2D eigenvalue weighted by Crippen LogP contribution is 2.44. The lowest BCUT2D eigenvalue weighted by atomic mass is 9.79. The Kier molecular flexibility index (Phi) is 23.6. The van der Waals surface area contributed by atoms with Crippen LogP contribution in [0.1, 0.15) is 134 Å². The summed E-state index contributed by atoms with van der Waals surface area (Å²) >= 11 is 2.26. The zero-order valence-electron chi connectivity index (χ0n) is 42.7. The molecule has 0 aliphatic carbocycles. The van der Waals surface area contributed by atoms with Gasteiger partial charge in [0.1, 0.15) is 11.9 Å². The van der Waals surface area contributed by atoms with Crippen LogP contribution in [0.4, 0.5) is 0 Å². The molecule has 0 radical (unpaired) electrons. The van der Waals surface area contributed by atoms with E-state index >= 15 is 0 Å². The van der Waals surface area contributed by atoms with E-state index in [4.69, 9.17) is 43.7 Å². The van der Waals surface area contributed by atoms with E-state index in [2.05, 4.69) is 130 Å². The summed E-state index contributed by atoms with van der Waals surface area (Å²) < 4.78 is 54.0. The van der Waals surface area contributed by atoms with E-state index in [0.717, 1.165) is 37.0 Å². The molecular formula is C51H89IO9Si2. The largest absolute Gasteiger partial charge is 0.497 e. The van der Waals surface area contributed by atoms with Crippen LogP contribution in [0.25, 0.3) is 0 Å². The van der Waals surface area contributed by atoms with Gasteiger partial charge < -0.3 is 37.3 Å². The van der Waals surface area contributed by atoms with Gasteiger partial charge in [-0.05, 0) is 103 Å². The molecule has 1 fully saturated rings. The van der Waals surface area contributed by atoms with E-state index in [1.807, 2.05) is 42.2 Å². The summed E-state index contributed by atoms with van der Waals surface area (Å²) in [6.45, 7) is 36.0. The van der Waals surface area contributed by atoms with Crippen molar-refractivity contribution in [3.8, 4) is 18.1 Å². The molecule has 63 heavy (non-hydrogen) atoms. The molecule has 9 nitrogen and oxygen atoms in total. The van der Waals surface area contributed by atoms with Crippen molar-refractivity contribution in [1.82, 2.24) is 0 Å². The number of hydrogen-bond donors (Lipinski definition) is 0. The van der Waals surface area contributed by atoms with E-state index in [0.29, 0.717) is 26.1 Å². The highest BCUT2D eigenvalue weighted by atomic mass is 127. The van der Waals surface area contributed by atoms with Gasteiger partial charge in [0.15, 0.2) is 22.4 Å². The van der Waals surface area contributed by atoms with Gasteiger partial charge in [0.05, 0.1) is 51.2 Å². The minimum atomic E-state index is -2.37. The van der Waals surface area contributed by atoms with Crippen LogP contribution in [0.2, 0.25) is 36.3 Å². The van der Waals surface area contributed by atoms with Crippen LogP contribution in [-0.2, 0) is 43.9 Å². The van der Waals surface area contributed by atoms with Crippen LogP contribution in [0.3, 0.4) is 0 Å². The Morgan fingerprint density at radius 2 is 1.48 bits per heavy atom. The summed E-state index contributed by atoms with van der Waals surface area (Å²) in [6, 6.07) is 7.91. The van der Waals surface area contributed by atoms with Crippen molar-refractivity contribution >= 4 is 45.2 Å². The fraction of sp³-hybridized carbons (Fsp3) is 0.784. The van der Waals surface area contributed by atoms with E-state index in [-0.39, 0.29) is 70.6 Å². The Balaban J connectivity index is 2.54. The number of methoxy groups -OCH3 is 2. The average Bonchev–Trinajstić information content (AvgIpc) is 3.18. The second-order valence-corrected chi connectivity index (χ2v) is 32.0. The van der Waals surface area contributed by atoms with Crippen molar-refractivity contribution in [1.29, 1.82) is 0 Å². The van der Waals surface area contributed by atoms with Gasteiger partial charge in [0.2, 0.25) is 0 Å². The normalized spacial score (nSPS) is 22.1. The minimum absolute atomic E-state index is 0.00463. The maximum absolute atomic E-state index is 14.7. The average molecular weight is 1030 g/mol. The Labute approximate surface area is 400 Å². The third-order valence-electron chi connectivity index (χ3n) is 14.0. The number of carbonyl (C=O) groups is 1. The summed E-state index contributed by atoms with van der Waals surface area (Å²) in [5.74, 6) is 2.39. The van der Waals surface area contributed by atoms with Crippen LogP contribution < -0.4 is 4.74 Å². The van der Waals surface area contributed by atoms with Crippen LogP contribution in [0.5, 0.6) is 5.75 Å². The molecule has 10 atom stereocenters. The van der Waals surface area contributed by atoms with E-state index < -0.39 is 34.6 Å². The summed E-state index contributed by atoms with van der Waals surface area (Å²) in [7, 11) is -1.14. The molecule has 0 bridgehead atoms. The van der Waals surface area contributed by atoms with Crippen molar-refractivity contribution in [2.45, 2.75) is 213 Å². The van der Waals surface area contributed by atoms with Gasteiger partial charge in [-0.2, -0.15) is 0 Å². The first-order valence-electron chi connectivity index (χ1n) is 23.4. The number of carbonyl (C=O) groups excluding carboxylic acids is 1. The molecule has 1 aromatic rings. The lowest BCUT2D eigenvalue weighted by Crippen LogP contribution is -2.57. The van der Waals surface area contributed by atoms with Crippen LogP contribution in [0, 0.1) is 36.0 Å². The molecule has 1 aliphatic rings. The molecule has 1 heterocycles. The van der Waals surface area contributed by atoms with Crippen molar-refractivity contribution in [3.05, 3.63) is 40.0 Å². The Morgan fingerprint density at radius 1 is 0.905 bits per heavy atom. The SMILES string of the molecule is C#CC[C@H](C)[C@H]1OC(C)(C)O[C@@H]([C@H](C)[C@@H](CC(=O)O[C@@H](C[C@@H](CCC[C@@H](C/C=C\I)OC)O[Si](C)(C)C(C)(C)C)[C@H](C)COCc2ccc(OC)cc2)O[Si](C)(C)C(C)(C)C)[C@H]1C. The first-order chi connectivity index (χ1) is 29.1. The lowest BCUT2D eigenvalue weighted by molar-refractivity contribution is -0.337. The smallest absolute Gasteiger partial charge is 0.308 e. The Bertz CT molecular complexity index is 1560. The Hall–Kier alpha value is -1.29. The van der Waals surface area contributed by atoms with Gasteiger partial charge in [-0.15, -0.1) is 12.3 Å². The predicted molar refractivity (Wildman–Crippen MR) is 272 cm³/mol. The molecule has 0 unspecified atom stereocenters. The fourth-order valence-corrected chi connectivity index (χ4v) is 11.0. The van der Waals surface area contributed by atoms with Crippen molar-refractivity contribution in [3.63, 3.8) is 0 Å². The molecule has 1 saturated heterocycles. The number of esters is 1. The third kappa shape index (κ3) is 18.7. The van der Waals surface area contributed by atoms with Gasteiger partial charge in [-0.1, -0.05) is 110 Å². The second kappa shape index (κ2) is 25.7. The number of rotatable bonds is 26. The second-order valence-electron chi connectivity index (χ2n) is 21.8. The summed E-state index contributed by atoms with van der Waals surface area (Å²) in [6.07, 6.45) is 11.5. The fourth-order valence-electron chi connectivity index (χ4n) is 7.86. The van der Waals surface area contributed by atoms with Crippen LogP contribution >= 0.6 is 22.6 Å². The summed E-state index contributed by atoms with van der Waals surface area (Å²) in [5.41, 5.74) is 1.05.